The van der Waals surface area contributed by atoms with Crippen LogP contribution in [0.25, 0.3) is 0 Å². The molecule has 1 unspecified atom stereocenters. The highest BCUT2D eigenvalue weighted by Crippen LogP contribution is 2.15. The molecular formula is C19H38IN5O. The lowest BCUT2D eigenvalue weighted by Gasteiger charge is -2.17. The molecule has 0 aromatic carbocycles. The minimum Gasteiger partial charge on any atom is -0.396 e. The number of aliphatic imine (C=N–C) groups is 1. The van der Waals surface area contributed by atoms with E-state index >= 15 is 0 Å². The van der Waals surface area contributed by atoms with Crippen LogP contribution in [0.2, 0.25) is 0 Å². The largest absolute Gasteiger partial charge is 0.396 e. The molecule has 0 saturated heterocycles. The zero-order chi connectivity index (χ0) is 18.7. The fourth-order valence-corrected chi connectivity index (χ4v) is 3.03. The molecule has 0 aliphatic heterocycles. The molecule has 3 N–H and O–H groups in total. The minimum absolute atomic E-state index is 0. The standard InChI is InChI=1S/C19H37N5O.HI/c1-6-20-19(22-14-18(8-11-25)12-15(2)3)21-9-7-10-24-17(5)13-16(4)23-24;/h13,15,18,25H,6-12,14H2,1-5H3,(H2,20,21,22);1H. The summed E-state index contributed by atoms with van der Waals surface area (Å²) in [5, 5.41) is 20.4. The average molecular weight is 479 g/mol. The lowest BCUT2D eigenvalue weighted by atomic mass is 9.94. The van der Waals surface area contributed by atoms with Gasteiger partial charge in [-0.15, -0.1) is 24.0 Å². The summed E-state index contributed by atoms with van der Waals surface area (Å²) in [6, 6.07) is 2.11. The molecule has 0 aliphatic carbocycles. The van der Waals surface area contributed by atoms with Crippen LogP contribution in [-0.4, -0.2) is 47.1 Å². The lowest BCUT2D eigenvalue weighted by Crippen LogP contribution is -2.38. The van der Waals surface area contributed by atoms with Gasteiger partial charge in [0.1, 0.15) is 0 Å². The van der Waals surface area contributed by atoms with Crippen molar-refractivity contribution in [3.63, 3.8) is 0 Å². The number of aliphatic hydroxyl groups is 1. The Bertz CT molecular complexity index is 516. The second-order valence-corrected chi connectivity index (χ2v) is 7.16. The molecule has 0 aliphatic rings. The summed E-state index contributed by atoms with van der Waals surface area (Å²) in [5.74, 6) is 1.93. The molecule has 1 rings (SSSR count). The third kappa shape index (κ3) is 10.4. The van der Waals surface area contributed by atoms with Crippen molar-refractivity contribution >= 4 is 29.9 Å². The number of aromatic nitrogens is 2. The Kier molecular flexibility index (Phi) is 13.8. The maximum atomic E-state index is 9.24. The van der Waals surface area contributed by atoms with Crippen LogP contribution in [0.1, 0.15) is 51.4 Å². The number of nitrogens with zero attached hydrogens (tertiary/aromatic N) is 3. The molecule has 6 nitrogen and oxygen atoms in total. The van der Waals surface area contributed by atoms with Gasteiger partial charge in [0.05, 0.1) is 5.69 Å². The van der Waals surface area contributed by atoms with E-state index in [2.05, 4.69) is 54.2 Å². The van der Waals surface area contributed by atoms with Gasteiger partial charge < -0.3 is 15.7 Å². The number of hydrogen-bond acceptors (Lipinski definition) is 3. The number of halogens is 1. The molecule has 1 aromatic rings. The maximum absolute atomic E-state index is 9.24. The van der Waals surface area contributed by atoms with Gasteiger partial charge in [-0.3, -0.25) is 9.67 Å². The van der Waals surface area contributed by atoms with Gasteiger partial charge in [-0.25, -0.2) is 0 Å². The first kappa shape index (κ1) is 25.2. The molecule has 1 heterocycles. The summed E-state index contributed by atoms with van der Waals surface area (Å²) in [7, 11) is 0. The maximum Gasteiger partial charge on any atom is 0.191 e. The quantitative estimate of drug-likeness (QED) is 0.197. The third-order valence-electron chi connectivity index (χ3n) is 4.14. The van der Waals surface area contributed by atoms with Crippen molar-refractivity contribution in [1.82, 2.24) is 20.4 Å². The van der Waals surface area contributed by atoms with E-state index in [0.29, 0.717) is 11.8 Å². The molecule has 1 atom stereocenters. The Hall–Kier alpha value is -0.830. The fourth-order valence-electron chi connectivity index (χ4n) is 3.03. The molecular weight excluding hydrogens is 441 g/mol. The smallest absolute Gasteiger partial charge is 0.191 e. The van der Waals surface area contributed by atoms with Crippen LogP contribution in [0, 0.1) is 25.7 Å². The first-order valence-electron chi connectivity index (χ1n) is 9.60. The van der Waals surface area contributed by atoms with Crippen molar-refractivity contribution in [2.75, 3.05) is 26.2 Å². The summed E-state index contributed by atoms with van der Waals surface area (Å²) in [5.41, 5.74) is 2.28. The average Bonchev–Trinajstić information content (AvgIpc) is 2.86. The summed E-state index contributed by atoms with van der Waals surface area (Å²) >= 11 is 0. The second kappa shape index (κ2) is 14.3. The summed E-state index contributed by atoms with van der Waals surface area (Å²) in [6.45, 7) is 14.2. The van der Waals surface area contributed by atoms with Crippen molar-refractivity contribution in [2.45, 2.75) is 60.4 Å². The number of hydrogen-bond donors (Lipinski definition) is 3. The highest BCUT2D eigenvalue weighted by Gasteiger charge is 2.10. The monoisotopic (exact) mass is 479 g/mol. The van der Waals surface area contributed by atoms with E-state index in [1.165, 1.54) is 5.69 Å². The Morgan fingerprint density at radius 3 is 2.58 bits per heavy atom. The van der Waals surface area contributed by atoms with Crippen LogP contribution in [0.3, 0.4) is 0 Å². The minimum atomic E-state index is 0. The van der Waals surface area contributed by atoms with Gasteiger partial charge in [0.15, 0.2) is 5.96 Å². The predicted molar refractivity (Wildman–Crippen MR) is 120 cm³/mol. The van der Waals surface area contributed by atoms with E-state index in [1.54, 1.807) is 0 Å². The Morgan fingerprint density at radius 1 is 1.31 bits per heavy atom. The van der Waals surface area contributed by atoms with E-state index in [4.69, 9.17) is 4.99 Å². The van der Waals surface area contributed by atoms with Crippen molar-refractivity contribution in [3.8, 4) is 0 Å². The third-order valence-corrected chi connectivity index (χ3v) is 4.14. The SMILES string of the molecule is CCNC(=NCC(CCO)CC(C)C)NCCCn1nc(C)cc1C.I. The molecule has 0 bridgehead atoms. The number of guanidine groups is 1. The van der Waals surface area contributed by atoms with Crippen LogP contribution in [-0.2, 0) is 6.54 Å². The summed E-state index contributed by atoms with van der Waals surface area (Å²) in [4.78, 5) is 4.71. The Morgan fingerprint density at radius 2 is 2.04 bits per heavy atom. The molecule has 0 radical (unpaired) electrons. The van der Waals surface area contributed by atoms with E-state index < -0.39 is 0 Å². The first-order chi connectivity index (χ1) is 12.0. The highest BCUT2D eigenvalue weighted by molar-refractivity contribution is 14.0. The van der Waals surface area contributed by atoms with E-state index in [9.17, 15) is 5.11 Å². The Balaban J connectivity index is 0.00000625. The molecule has 0 spiro atoms. The van der Waals surface area contributed by atoms with Gasteiger partial charge in [-0.05, 0) is 57.9 Å². The van der Waals surface area contributed by atoms with Crippen LogP contribution >= 0.6 is 24.0 Å². The zero-order valence-corrected chi connectivity index (χ0v) is 19.4. The second-order valence-electron chi connectivity index (χ2n) is 7.16. The van der Waals surface area contributed by atoms with Gasteiger partial charge in [0, 0.05) is 38.5 Å². The number of rotatable bonds is 11. The number of nitrogens with one attached hydrogen (secondary N) is 2. The molecule has 26 heavy (non-hydrogen) atoms. The molecule has 0 saturated carbocycles. The van der Waals surface area contributed by atoms with Crippen LogP contribution in [0.5, 0.6) is 0 Å². The van der Waals surface area contributed by atoms with E-state index in [1.807, 2.05) is 6.92 Å². The summed E-state index contributed by atoms with van der Waals surface area (Å²) in [6.07, 6.45) is 2.92. The van der Waals surface area contributed by atoms with Gasteiger partial charge in [0.2, 0.25) is 0 Å². The lowest BCUT2D eigenvalue weighted by molar-refractivity contribution is 0.245. The van der Waals surface area contributed by atoms with Gasteiger partial charge >= 0.3 is 0 Å². The molecule has 0 fully saturated rings. The number of aryl methyl sites for hydroxylation is 3. The predicted octanol–water partition coefficient (Wildman–Crippen LogP) is 3.11. The Labute approximate surface area is 176 Å². The van der Waals surface area contributed by atoms with Crippen LogP contribution < -0.4 is 10.6 Å². The van der Waals surface area contributed by atoms with Crippen LogP contribution in [0.4, 0.5) is 0 Å². The van der Waals surface area contributed by atoms with Gasteiger partial charge in [-0.2, -0.15) is 5.10 Å². The highest BCUT2D eigenvalue weighted by atomic mass is 127. The van der Waals surface area contributed by atoms with Gasteiger partial charge in [-0.1, -0.05) is 13.8 Å². The van der Waals surface area contributed by atoms with Crippen molar-refractivity contribution < 1.29 is 5.11 Å². The normalized spacial score (nSPS) is 12.8. The van der Waals surface area contributed by atoms with E-state index in [0.717, 1.165) is 57.1 Å². The van der Waals surface area contributed by atoms with Gasteiger partial charge in [0.25, 0.3) is 0 Å². The topological polar surface area (TPSA) is 74.5 Å². The zero-order valence-electron chi connectivity index (χ0n) is 17.1. The summed E-state index contributed by atoms with van der Waals surface area (Å²) < 4.78 is 2.06. The molecule has 0 amide bonds. The molecule has 1 aromatic heterocycles. The molecule has 7 heteroatoms. The fraction of sp³-hybridized carbons (Fsp3) is 0.789. The first-order valence-corrected chi connectivity index (χ1v) is 9.60. The van der Waals surface area contributed by atoms with Crippen LogP contribution in [0.15, 0.2) is 11.1 Å². The van der Waals surface area contributed by atoms with Crippen molar-refractivity contribution in [1.29, 1.82) is 0 Å². The van der Waals surface area contributed by atoms with E-state index in [-0.39, 0.29) is 30.6 Å². The van der Waals surface area contributed by atoms with Crippen molar-refractivity contribution in [3.05, 3.63) is 17.5 Å². The van der Waals surface area contributed by atoms with Crippen molar-refractivity contribution in [2.24, 2.45) is 16.8 Å². The molecule has 152 valence electrons. The number of aliphatic hydroxyl groups excluding tert-OH is 1.